The predicted octanol–water partition coefficient (Wildman–Crippen LogP) is 3.96. The maximum Gasteiger partial charge on any atom is 0.125 e. The van der Waals surface area contributed by atoms with E-state index in [4.69, 9.17) is 9.72 Å². The number of rotatable bonds is 5. The number of aromatic nitrogens is 1. The standard InChI is InChI=1S/C16H28N2OS/c1-11(2)17-10-12-13(15(3,4)5)18-14(20-12)16(19-6)8-7-9-16/h11,17H,7-10H2,1-6H3. The maximum atomic E-state index is 5.79. The average molecular weight is 296 g/mol. The number of methoxy groups -OCH3 is 1. The highest BCUT2D eigenvalue weighted by Gasteiger charge is 2.42. The fourth-order valence-corrected chi connectivity index (χ4v) is 4.00. The van der Waals surface area contributed by atoms with E-state index in [9.17, 15) is 0 Å². The van der Waals surface area contributed by atoms with E-state index < -0.39 is 0 Å². The molecule has 3 nitrogen and oxygen atoms in total. The molecule has 1 aliphatic rings. The number of hydrogen-bond acceptors (Lipinski definition) is 4. The molecule has 20 heavy (non-hydrogen) atoms. The Morgan fingerprint density at radius 3 is 2.40 bits per heavy atom. The van der Waals surface area contributed by atoms with E-state index in [1.165, 1.54) is 22.0 Å². The largest absolute Gasteiger partial charge is 0.371 e. The van der Waals surface area contributed by atoms with Crippen LogP contribution in [0.5, 0.6) is 0 Å². The van der Waals surface area contributed by atoms with Crippen LogP contribution >= 0.6 is 11.3 Å². The molecular formula is C16H28N2OS. The van der Waals surface area contributed by atoms with E-state index in [0.717, 1.165) is 19.4 Å². The van der Waals surface area contributed by atoms with E-state index in [1.54, 1.807) is 0 Å². The normalized spacial score (nSPS) is 18.4. The van der Waals surface area contributed by atoms with Crippen LogP contribution in [0.15, 0.2) is 0 Å². The minimum atomic E-state index is -0.0965. The Kier molecular flexibility index (Phi) is 4.57. The summed E-state index contributed by atoms with van der Waals surface area (Å²) in [4.78, 5) is 6.34. The molecule has 114 valence electrons. The van der Waals surface area contributed by atoms with Crippen molar-refractivity contribution in [1.29, 1.82) is 0 Å². The van der Waals surface area contributed by atoms with Crippen LogP contribution in [-0.4, -0.2) is 18.1 Å². The highest BCUT2D eigenvalue weighted by Crippen LogP contribution is 2.47. The molecule has 0 bridgehead atoms. The Morgan fingerprint density at radius 1 is 1.35 bits per heavy atom. The number of ether oxygens (including phenoxy) is 1. The molecule has 0 aliphatic heterocycles. The van der Waals surface area contributed by atoms with Gasteiger partial charge in [-0.05, 0) is 19.3 Å². The summed E-state index contributed by atoms with van der Waals surface area (Å²) in [7, 11) is 1.82. The molecule has 2 rings (SSSR count). The second-order valence-electron chi connectivity index (χ2n) is 7.13. The molecule has 0 atom stereocenters. The molecule has 0 amide bonds. The number of thiazole rings is 1. The molecule has 1 heterocycles. The van der Waals surface area contributed by atoms with Crippen molar-refractivity contribution in [3.63, 3.8) is 0 Å². The van der Waals surface area contributed by atoms with Gasteiger partial charge in [0.05, 0.1) is 5.69 Å². The molecule has 4 heteroatoms. The van der Waals surface area contributed by atoms with Crippen molar-refractivity contribution in [3.8, 4) is 0 Å². The minimum absolute atomic E-state index is 0.0847. The van der Waals surface area contributed by atoms with Crippen LogP contribution in [0.2, 0.25) is 0 Å². The number of nitrogens with zero attached hydrogens (tertiary/aromatic N) is 1. The third-order valence-corrected chi connectivity index (χ3v) is 5.26. The fraction of sp³-hybridized carbons (Fsp3) is 0.812. The summed E-state index contributed by atoms with van der Waals surface area (Å²) in [6, 6.07) is 0.494. The lowest BCUT2D eigenvalue weighted by atomic mass is 9.80. The van der Waals surface area contributed by atoms with Crippen LogP contribution in [0.1, 0.15) is 69.5 Å². The van der Waals surface area contributed by atoms with Crippen molar-refractivity contribution in [1.82, 2.24) is 10.3 Å². The van der Waals surface area contributed by atoms with Crippen molar-refractivity contribution in [3.05, 3.63) is 15.6 Å². The van der Waals surface area contributed by atoms with Crippen molar-refractivity contribution in [2.75, 3.05) is 7.11 Å². The van der Waals surface area contributed by atoms with Gasteiger partial charge in [-0.1, -0.05) is 34.6 Å². The van der Waals surface area contributed by atoms with Gasteiger partial charge >= 0.3 is 0 Å². The van der Waals surface area contributed by atoms with Crippen LogP contribution in [0, 0.1) is 0 Å². The summed E-state index contributed by atoms with van der Waals surface area (Å²) in [6.45, 7) is 12.0. The molecule has 0 aromatic carbocycles. The van der Waals surface area contributed by atoms with Crippen molar-refractivity contribution < 1.29 is 4.74 Å². The summed E-state index contributed by atoms with van der Waals surface area (Å²) in [6.07, 6.45) is 3.47. The van der Waals surface area contributed by atoms with E-state index in [2.05, 4.69) is 39.9 Å². The predicted molar refractivity (Wildman–Crippen MR) is 85.3 cm³/mol. The minimum Gasteiger partial charge on any atom is -0.371 e. The van der Waals surface area contributed by atoms with Gasteiger partial charge < -0.3 is 10.1 Å². The molecule has 0 spiro atoms. The fourth-order valence-electron chi connectivity index (χ4n) is 2.55. The Labute approximate surface area is 127 Å². The summed E-state index contributed by atoms with van der Waals surface area (Å²) >= 11 is 1.84. The average Bonchev–Trinajstić information content (AvgIpc) is 2.70. The Morgan fingerprint density at radius 2 is 2.00 bits per heavy atom. The van der Waals surface area contributed by atoms with Gasteiger partial charge in [0.15, 0.2) is 0 Å². The Balaban J connectivity index is 2.32. The number of hydrogen-bond donors (Lipinski definition) is 1. The van der Waals surface area contributed by atoms with Crippen LogP contribution < -0.4 is 5.32 Å². The first-order valence-electron chi connectivity index (χ1n) is 7.58. The third-order valence-electron chi connectivity index (χ3n) is 4.02. The summed E-state index contributed by atoms with van der Waals surface area (Å²) < 4.78 is 5.79. The lowest BCUT2D eigenvalue weighted by molar-refractivity contribution is -0.0780. The summed E-state index contributed by atoms with van der Waals surface area (Å²) in [5.41, 5.74) is 1.22. The number of nitrogens with one attached hydrogen (secondary N) is 1. The quantitative estimate of drug-likeness (QED) is 0.893. The van der Waals surface area contributed by atoms with Gasteiger partial charge in [0.25, 0.3) is 0 Å². The monoisotopic (exact) mass is 296 g/mol. The first kappa shape index (κ1) is 15.9. The first-order valence-corrected chi connectivity index (χ1v) is 8.39. The van der Waals surface area contributed by atoms with E-state index in [0.29, 0.717) is 6.04 Å². The molecular weight excluding hydrogens is 268 g/mol. The highest BCUT2D eigenvalue weighted by molar-refractivity contribution is 7.11. The lowest BCUT2D eigenvalue weighted by Crippen LogP contribution is -2.36. The van der Waals surface area contributed by atoms with Crippen molar-refractivity contribution in [2.24, 2.45) is 0 Å². The molecule has 1 saturated carbocycles. The third kappa shape index (κ3) is 3.07. The first-order chi connectivity index (χ1) is 9.28. The van der Waals surface area contributed by atoms with Crippen molar-refractivity contribution >= 4 is 11.3 Å². The zero-order valence-corrected chi connectivity index (χ0v) is 14.5. The summed E-state index contributed by atoms with van der Waals surface area (Å²) in [5.74, 6) is 0. The lowest BCUT2D eigenvalue weighted by Gasteiger charge is -2.38. The molecule has 1 N–H and O–H groups in total. The van der Waals surface area contributed by atoms with E-state index >= 15 is 0 Å². The molecule has 0 radical (unpaired) electrons. The maximum absolute atomic E-state index is 5.79. The SMILES string of the molecule is COC1(c2nc(C(C)(C)C)c(CNC(C)C)s2)CCC1. The van der Waals surface area contributed by atoms with Gasteiger partial charge in [-0.15, -0.1) is 11.3 Å². The molecule has 1 aliphatic carbocycles. The summed E-state index contributed by atoms with van der Waals surface area (Å²) in [5, 5.41) is 4.70. The topological polar surface area (TPSA) is 34.1 Å². The van der Waals surface area contributed by atoms with Gasteiger partial charge in [0.2, 0.25) is 0 Å². The van der Waals surface area contributed by atoms with Crippen LogP contribution in [0.25, 0.3) is 0 Å². The highest BCUT2D eigenvalue weighted by atomic mass is 32.1. The molecule has 1 aromatic rings. The second-order valence-corrected chi connectivity index (χ2v) is 8.21. The molecule has 0 unspecified atom stereocenters. The van der Waals surface area contributed by atoms with Crippen LogP contribution in [0.4, 0.5) is 0 Å². The zero-order valence-electron chi connectivity index (χ0n) is 13.7. The van der Waals surface area contributed by atoms with Gasteiger partial charge in [-0.2, -0.15) is 0 Å². The Hall–Kier alpha value is -0.450. The molecule has 1 fully saturated rings. The smallest absolute Gasteiger partial charge is 0.125 e. The van der Waals surface area contributed by atoms with Gasteiger partial charge in [0, 0.05) is 30.0 Å². The van der Waals surface area contributed by atoms with E-state index in [1.807, 2.05) is 18.4 Å². The van der Waals surface area contributed by atoms with E-state index in [-0.39, 0.29) is 11.0 Å². The van der Waals surface area contributed by atoms with Crippen molar-refractivity contribution in [2.45, 2.75) is 77.5 Å². The zero-order chi connectivity index (χ0) is 15.0. The second kappa shape index (κ2) is 5.74. The van der Waals surface area contributed by atoms with Crippen LogP contribution in [0.3, 0.4) is 0 Å². The van der Waals surface area contributed by atoms with Gasteiger partial charge in [0.1, 0.15) is 10.6 Å². The Bertz CT molecular complexity index is 450. The molecule has 1 aromatic heterocycles. The van der Waals surface area contributed by atoms with Crippen LogP contribution in [-0.2, 0) is 22.3 Å². The van der Waals surface area contributed by atoms with Gasteiger partial charge in [-0.25, -0.2) is 4.98 Å². The molecule has 0 saturated heterocycles. The van der Waals surface area contributed by atoms with Gasteiger partial charge in [-0.3, -0.25) is 0 Å².